The maximum atomic E-state index is 12.1. The van der Waals surface area contributed by atoms with Gasteiger partial charge in [0.15, 0.2) is 0 Å². The van der Waals surface area contributed by atoms with Gasteiger partial charge in [-0.05, 0) is 74.1 Å². The molecular weight excluding hydrogens is 348 g/mol. The number of hydrogen-bond acceptors (Lipinski definition) is 3. The number of anilines is 1. The van der Waals surface area contributed by atoms with E-state index in [2.05, 4.69) is 16.1 Å². The fourth-order valence-electron chi connectivity index (χ4n) is 2.85. The fraction of sp³-hybridized carbons (Fsp3) is 0.350. The summed E-state index contributed by atoms with van der Waals surface area (Å²) in [6.07, 6.45) is 2.73. The summed E-state index contributed by atoms with van der Waals surface area (Å²) in [4.78, 5) is 12.4. The number of aryl methyl sites for hydroxylation is 3. The number of sulfonamides is 1. The second-order valence-corrected chi connectivity index (χ2v) is 8.68. The van der Waals surface area contributed by atoms with Gasteiger partial charge in [0.2, 0.25) is 15.9 Å². The van der Waals surface area contributed by atoms with Crippen molar-refractivity contribution in [3.63, 3.8) is 0 Å². The Morgan fingerprint density at radius 2 is 1.65 bits per heavy atom. The molecule has 1 aliphatic carbocycles. The van der Waals surface area contributed by atoms with Crippen molar-refractivity contribution in [2.45, 2.75) is 50.5 Å². The van der Waals surface area contributed by atoms with Gasteiger partial charge in [0.1, 0.15) is 0 Å². The third kappa shape index (κ3) is 5.16. The third-order valence-electron chi connectivity index (χ3n) is 4.28. The lowest BCUT2D eigenvalue weighted by atomic mass is 10.1. The Morgan fingerprint density at radius 1 is 1.04 bits per heavy atom. The lowest BCUT2D eigenvalue weighted by Gasteiger charge is -2.09. The van der Waals surface area contributed by atoms with Crippen molar-refractivity contribution in [2.75, 3.05) is 5.32 Å². The summed E-state index contributed by atoms with van der Waals surface area (Å²) in [6, 6.07) is 12.8. The van der Waals surface area contributed by atoms with Gasteiger partial charge in [-0.15, -0.1) is 0 Å². The second-order valence-electron chi connectivity index (χ2n) is 6.96. The standard InChI is InChI=1S/C20H24N2O3S/c1-14-11-15(2)13-18(12-14)21-20(23)10-5-16-3-8-19(9-4-16)26(24,25)22-17-6-7-17/h3-4,8-9,11-13,17,22H,5-7,10H2,1-2H3,(H,21,23). The van der Waals surface area contributed by atoms with Gasteiger partial charge in [-0.3, -0.25) is 4.79 Å². The van der Waals surface area contributed by atoms with E-state index in [9.17, 15) is 13.2 Å². The van der Waals surface area contributed by atoms with Crippen molar-refractivity contribution >= 4 is 21.6 Å². The molecule has 0 unspecified atom stereocenters. The van der Waals surface area contributed by atoms with Crippen LogP contribution >= 0.6 is 0 Å². The maximum absolute atomic E-state index is 12.1. The summed E-state index contributed by atoms with van der Waals surface area (Å²) in [5.41, 5.74) is 3.96. The molecule has 1 saturated carbocycles. The van der Waals surface area contributed by atoms with Crippen LogP contribution in [0.4, 0.5) is 5.69 Å². The molecule has 0 aliphatic heterocycles. The normalized spacial score (nSPS) is 14.2. The molecule has 0 saturated heterocycles. The van der Waals surface area contributed by atoms with Crippen molar-refractivity contribution < 1.29 is 13.2 Å². The average Bonchev–Trinajstić information content (AvgIpc) is 3.35. The van der Waals surface area contributed by atoms with Gasteiger partial charge in [-0.25, -0.2) is 13.1 Å². The smallest absolute Gasteiger partial charge is 0.240 e. The van der Waals surface area contributed by atoms with Crippen molar-refractivity contribution in [1.82, 2.24) is 4.72 Å². The summed E-state index contributed by atoms with van der Waals surface area (Å²) < 4.78 is 26.9. The number of carbonyl (C=O) groups excluding carboxylic acids is 1. The first kappa shape index (κ1) is 18.6. The molecule has 0 radical (unpaired) electrons. The molecule has 26 heavy (non-hydrogen) atoms. The van der Waals surface area contributed by atoms with E-state index < -0.39 is 10.0 Å². The summed E-state index contributed by atoms with van der Waals surface area (Å²) >= 11 is 0. The zero-order chi connectivity index (χ0) is 18.7. The largest absolute Gasteiger partial charge is 0.326 e. The molecule has 5 nitrogen and oxygen atoms in total. The molecule has 0 atom stereocenters. The summed E-state index contributed by atoms with van der Waals surface area (Å²) in [6.45, 7) is 3.99. The first-order valence-corrected chi connectivity index (χ1v) is 10.3. The average molecular weight is 372 g/mol. The Morgan fingerprint density at radius 3 is 2.23 bits per heavy atom. The molecule has 2 aromatic rings. The number of carbonyl (C=O) groups is 1. The van der Waals surface area contributed by atoms with Crippen LogP contribution in [-0.2, 0) is 21.2 Å². The van der Waals surface area contributed by atoms with Crippen molar-refractivity contribution in [3.8, 4) is 0 Å². The van der Waals surface area contributed by atoms with E-state index in [1.807, 2.05) is 26.0 Å². The van der Waals surface area contributed by atoms with Gasteiger partial charge in [0.25, 0.3) is 0 Å². The highest BCUT2D eigenvalue weighted by Gasteiger charge is 2.27. The number of nitrogens with one attached hydrogen (secondary N) is 2. The van der Waals surface area contributed by atoms with Gasteiger partial charge in [0.05, 0.1) is 4.90 Å². The topological polar surface area (TPSA) is 75.3 Å². The Hall–Kier alpha value is -2.18. The SMILES string of the molecule is Cc1cc(C)cc(NC(=O)CCc2ccc(S(=O)(=O)NC3CC3)cc2)c1. The zero-order valence-corrected chi connectivity index (χ0v) is 15.9. The maximum Gasteiger partial charge on any atom is 0.240 e. The van der Waals surface area contributed by atoms with E-state index in [4.69, 9.17) is 0 Å². The van der Waals surface area contributed by atoms with Crippen LogP contribution in [0.2, 0.25) is 0 Å². The van der Waals surface area contributed by atoms with E-state index >= 15 is 0 Å². The Kier molecular flexibility index (Phi) is 5.44. The highest BCUT2D eigenvalue weighted by atomic mass is 32.2. The molecule has 0 bridgehead atoms. The van der Waals surface area contributed by atoms with Crippen LogP contribution in [0.15, 0.2) is 47.4 Å². The first-order valence-electron chi connectivity index (χ1n) is 8.81. The van der Waals surface area contributed by atoms with E-state index in [1.165, 1.54) is 0 Å². The van der Waals surface area contributed by atoms with E-state index in [1.54, 1.807) is 24.3 Å². The monoisotopic (exact) mass is 372 g/mol. The fourth-order valence-corrected chi connectivity index (χ4v) is 4.16. The summed E-state index contributed by atoms with van der Waals surface area (Å²) in [7, 11) is -3.42. The van der Waals surface area contributed by atoms with Crippen LogP contribution in [0.25, 0.3) is 0 Å². The second kappa shape index (κ2) is 7.60. The highest BCUT2D eigenvalue weighted by Crippen LogP contribution is 2.22. The summed E-state index contributed by atoms with van der Waals surface area (Å²) in [5, 5.41) is 2.91. The van der Waals surface area contributed by atoms with Gasteiger partial charge in [-0.2, -0.15) is 0 Å². The lowest BCUT2D eigenvalue weighted by Crippen LogP contribution is -2.25. The molecule has 6 heteroatoms. The van der Waals surface area contributed by atoms with E-state index in [-0.39, 0.29) is 16.8 Å². The Bertz CT molecular complexity index is 881. The van der Waals surface area contributed by atoms with Gasteiger partial charge in [0, 0.05) is 18.2 Å². The van der Waals surface area contributed by atoms with E-state index in [0.717, 1.165) is 35.2 Å². The molecule has 1 aliphatic rings. The molecule has 1 fully saturated rings. The minimum atomic E-state index is -3.42. The molecule has 2 aromatic carbocycles. The number of hydrogen-bond donors (Lipinski definition) is 2. The quantitative estimate of drug-likeness (QED) is 0.783. The Labute approximate surface area is 154 Å². The van der Waals surface area contributed by atoms with Crippen LogP contribution < -0.4 is 10.0 Å². The number of amides is 1. The minimum absolute atomic E-state index is 0.0536. The van der Waals surface area contributed by atoms with E-state index in [0.29, 0.717) is 12.8 Å². The predicted molar refractivity (Wildman–Crippen MR) is 103 cm³/mol. The molecule has 0 heterocycles. The van der Waals surface area contributed by atoms with Crippen molar-refractivity contribution in [1.29, 1.82) is 0 Å². The molecule has 0 aromatic heterocycles. The van der Waals surface area contributed by atoms with Crippen molar-refractivity contribution in [3.05, 3.63) is 59.2 Å². The van der Waals surface area contributed by atoms with Gasteiger partial charge >= 0.3 is 0 Å². The molecule has 138 valence electrons. The lowest BCUT2D eigenvalue weighted by molar-refractivity contribution is -0.116. The molecule has 3 rings (SSSR count). The molecule has 2 N–H and O–H groups in total. The van der Waals surface area contributed by atoms with Crippen LogP contribution in [0.3, 0.4) is 0 Å². The number of benzene rings is 2. The Balaban J connectivity index is 1.55. The molecule has 1 amide bonds. The van der Waals surface area contributed by atoms with Crippen LogP contribution in [0.5, 0.6) is 0 Å². The summed E-state index contributed by atoms with van der Waals surface area (Å²) in [5.74, 6) is -0.0536. The number of rotatable bonds is 7. The van der Waals surface area contributed by atoms with Crippen LogP contribution in [0.1, 0.15) is 36.0 Å². The predicted octanol–water partition coefficient (Wildman–Crippen LogP) is 3.32. The van der Waals surface area contributed by atoms with Gasteiger partial charge < -0.3 is 5.32 Å². The first-order chi connectivity index (χ1) is 12.3. The zero-order valence-electron chi connectivity index (χ0n) is 15.1. The van der Waals surface area contributed by atoms with Crippen LogP contribution in [-0.4, -0.2) is 20.4 Å². The third-order valence-corrected chi connectivity index (χ3v) is 5.82. The molecular formula is C20H24N2O3S. The highest BCUT2D eigenvalue weighted by molar-refractivity contribution is 7.89. The molecule has 0 spiro atoms. The van der Waals surface area contributed by atoms with Crippen molar-refractivity contribution in [2.24, 2.45) is 0 Å². The van der Waals surface area contributed by atoms with Crippen LogP contribution in [0, 0.1) is 13.8 Å². The minimum Gasteiger partial charge on any atom is -0.326 e. The van der Waals surface area contributed by atoms with Gasteiger partial charge in [-0.1, -0.05) is 18.2 Å².